The average molecular weight is 325 g/mol. The Morgan fingerprint density at radius 1 is 1.45 bits per heavy atom. The average Bonchev–Trinajstić information content (AvgIpc) is 3.04. The number of aryl methyl sites for hydroxylation is 1. The van der Waals surface area contributed by atoms with E-state index in [4.69, 9.17) is 4.74 Å². The van der Waals surface area contributed by atoms with Crippen LogP contribution in [-0.2, 0) is 11.2 Å². The van der Waals surface area contributed by atoms with Crippen molar-refractivity contribution in [2.24, 2.45) is 11.3 Å². The SMILES string of the molecule is Cc1cnc(CCNC(=O)NC[C@H]2CCO[C@@H]2C(C)(C)C)s1. The second-order valence-electron chi connectivity index (χ2n) is 6.96. The predicted molar refractivity (Wildman–Crippen MR) is 89.3 cm³/mol. The van der Waals surface area contributed by atoms with E-state index in [2.05, 4.69) is 36.4 Å². The third-order valence-corrected chi connectivity index (χ3v) is 4.86. The summed E-state index contributed by atoms with van der Waals surface area (Å²) in [6.07, 6.45) is 3.88. The quantitative estimate of drug-likeness (QED) is 0.875. The van der Waals surface area contributed by atoms with Crippen molar-refractivity contribution in [1.29, 1.82) is 0 Å². The molecule has 2 atom stereocenters. The maximum atomic E-state index is 11.9. The van der Waals surface area contributed by atoms with Crippen LogP contribution in [0.15, 0.2) is 6.20 Å². The van der Waals surface area contributed by atoms with Crippen LogP contribution in [0.5, 0.6) is 0 Å². The molecule has 1 aromatic rings. The molecule has 1 aliphatic rings. The van der Waals surface area contributed by atoms with Crippen molar-refractivity contribution < 1.29 is 9.53 Å². The molecule has 124 valence electrons. The first-order valence-electron chi connectivity index (χ1n) is 7.91. The van der Waals surface area contributed by atoms with Gasteiger partial charge in [0.15, 0.2) is 0 Å². The van der Waals surface area contributed by atoms with Crippen molar-refractivity contribution in [3.8, 4) is 0 Å². The van der Waals surface area contributed by atoms with E-state index in [-0.39, 0.29) is 17.6 Å². The van der Waals surface area contributed by atoms with Crippen LogP contribution >= 0.6 is 11.3 Å². The van der Waals surface area contributed by atoms with Crippen molar-refractivity contribution in [1.82, 2.24) is 15.6 Å². The Morgan fingerprint density at radius 2 is 2.23 bits per heavy atom. The first-order chi connectivity index (χ1) is 10.4. The number of carbonyl (C=O) groups is 1. The van der Waals surface area contributed by atoms with Crippen LogP contribution < -0.4 is 10.6 Å². The van der Waals surface area contributed by atoms with Crippen molar-refractivity contribution >= 4 is 17.4 Å². The Morgan fingerprint density at radius 3 is 2.86 bits per heavy atom. The van der Waals surface area contributed by atoms with E-state index in [9.17, 15) is 4.79 Å². The largest absolute Gasteiger partial charge is 0.377 e. The van der Waals surface area contributed by atoms with Crippen LogP contribution in [0.4, 0.5) is 4.79 Å². The predicted octanol–water partition coefficient (Wildman–Crippen LogP) is 2.74. The lowest BCUT2D eigenvalue weighted by atomic mass is 9.81. The second kappa shape index (κ2) is 7.42. The van der Waals surface area contributed by atoms with Gasteiger partial charge in [-0.05, 0) is 18.8 Å². The molecule has 0 unspecified atom stereocenters. The number of ether oxygens (including phenoxy) is 1. The fraction of sp³-hybridized carbons (Fsp3) is 0.750. The Bertz CT molecular complexity index is 496. The summed E-state index contributed by atoms with van der Waals surface area (Å²) in [5, 5.41) is 6.93. The number of aromatic nitrogens is 1. The smallest absolute Gasteiger partial charge is 0.314 e. The highest BCUT2D eigenvalue weighted by atomic mass is 32.1. The van der Waals surface area contributed by atoms with Crippen LogP contribution in [0.1, 0.15) is 37.1 Å². The Kier molecular flexibility index (Phi) is 5.81. The number of nitrogens with zero attached hydrogens (tertiary/aromatic N) is 1. The minimum atomic E-state index is -0.104. The van der Waals surface area contributed by atoms with Gasteiger partial charge in [-0.3, -0.25) is 0 Å². The molecule has 0 aromatic carbocycles. The van der Waals surface area contributed by atoms with Gasteiger partial charge in [-0.1, -0.05) is 20.8 Å². The molecule has 1 aromatic heterocycles. The first-order valence-corrected chi connectivity index (χ1v) is 8.72. The monoisotopic (exact) mass is 325 g/mol. The molecule has 0 saturated carbocycles. The Balaban J connectivity index is 1.67. The van der Waals surface area contributed by atoms with Gasteiger partial charge in [0.2, 0.25) is 0 Å². The van der Waals surface area contributed by atoms with E-state index in [0.29, 0.717) is 19.0 Å². The molecule has 2 N–H and O–H groups in total. The van der Waals surface area contributed by atoms with Gasteiger partial charge in [0.25, 0.3) is 0 Å². The zero-order valence-corrected chi connectivity index (χ0v) is 14.8. The maximum Gasteiger partial charge on any atom is 0.314 e. The zero-order valence-electron chi connectivity index (χ0n) is 13.9. The van der Waals surface area contributed by atoms with Crippen molar-refractivity contribution in [3.05, 3.63) is 16.1 Å². The van der Waals surface area contributed by atoms with E-state index < -0.39 is 0 Å². The van der Waals surface area contributed by atoms with Gasteiger partial charge in [-0.15, -0.1) is 11.3 Å². The summed E-state index contributed by atoms with van der Waals surface area (Å²) in [4.78, 5) is 17.4. The highest BCUT2D eigenvalue weighted by molar-refractivity contribution is 7.11. The summed E-state index contributed by atoms with van der Waals surface area (Å²) in [7, 11) is 0. The summed E-state index contributed by atoms with van der Waals surface area (Å²) in [5.41, 5.74) is 0.113. The van der Waals surface area contributed by atoms with E-state index in [1.807, 2.05) is 13.1 Å². The van der Waals surface area contributed by atoms with Gasteiger partial charge < -0.3 is 15.4 Å². The summed E-state index contributed by atoms with van der Waals surface area (Å²) >= 11 is 1.68. The maximum absolute atomic E-state index is 11.9. The van der Waals surface area contributed by atoms with Gasteiger partial charge in [-0.2, -0.15) is 0 Å². The molecule has 1 fully saturated rings. The molecule has 0 bridgehead atoms. The summed E-state index contributed by atoms with van der Waals surface area (Å²) in [5.74, 6) is 0.396. The number of nitrogens with one attached hydrogen (secondary N) is 2. The number of urea groups is 1. The van der Waals surface area contributed by atoms with Crippen molar-refractivity contribution in [3.63, 3.8) is 0 Å². The highest BCUT2D eigenvalue weighted by Crippen LogP contribution is 2.34. The zero-order chi connectivity index (χ0) is 16.2. The number of amides is 2. The standard InChI is InChI=1S/C16H27N3O2S/c1-11-9-18-13(22-11)5-7-17-15(20)19-10-12-6-8-21-14(12)16(2,3)4/h9,12,14H,5-8,10H2,1-4H3,(H2,17,19,20)/t12-,14+/m1/s1. The van der Waals surface area contributed by atoms with Crippen LogP contribution in [0.2, 0.25) is 0 Å². The molecule has 1 saturated heterocycles. The van der Waals surface area contributed by atoms with Crippen molar-refractivity contribution in [2.75, 3.05) is 19.7 Å². The lowest BCUT2D eigenvalue weighted by Crippen LogP contribution is -2.42. The first kappa shape index (κ1) is 17.2. The van der Waals surface area contributed by atoms with Crippen LogP contribution in [0.3, 0.4) is 0 Å². The normalized spacial score (nSPS) is 21.8. The lowest BCUT2D eigenvalue weighted by Gasteiger charge is -2.31. The highest BCUT2D eigenvalue weighted by Gasteiger charge is 2.37. The fourth-order valence-corrected chi connectivity index (χ4v) is 3.67. The third-order valence-electron chi connectivity index (χ3n) is 3.89. The van der Waals surface area contributed by atoms with Crippen molar-refractivity contribution in [2.45, 2.75) is 46.6 Å². The molecule has 0 radical (unpaired) electrons. The van der Waals surface area contributed by atoms with Gasteiger partial charge >= 0.3 is 6.03 Å². The van der Waals surface area contributed by atoms with E-state index in [0.717, 1.165) is 24.5 Å². The van der Waals surface area contributed by atoms with Gasteiger partial charge in [0.1, 0.15) is 0 Å². The summed E-state index contributed by atoms with van der Waals surface area (Å²) in [6, 6.07) is -0.104. The molecular weight excluding hydrogens is 298 g/mol. The minimum absolute atomic E-state index is 0.104. The molecular formula is C16H27N3O2S. The number of hydrogen-bond acceptors (Lipinski definition) is 4. The number of rotatable bonds is 5. The molecule has 0 aliphatic carbocycles. The third kappa shape index (κ3) is 4.95. The molecule has 2 rings (SSSR count). The lowest BCUT2D eigenvalue weighted by molar-refractivity contribution is 0.00775. The molecule has 22 heavy (non-hydrogen) atoms. The molecule has 6 heteroatoms. The van der Waals surface area contributed by atoms with E-state index in [1.165, 1.54) is 4.88 Å². The van der Waals surface area contributed by atoms with E-state index in [1.54, 1.807) is 11.3 Å². The molecule has 2 heterocycles. The Labute approximate surface area is 136 Å². The summed E-state index contributed by atoms with van der Waals surface area (Å²) in [6.45, 7) is 10.7. The van der Waals surface area contributed by atoms with Gasteiger partial charge in [0, 0.05) is 43.1 Å². The fourth-order valence-electron chi connectivity index (χ4n) is 2.89. The van der Waals surface area contributed by atoms with Crippen LogP contribution in [0, 0.1) is 18.3 Å². The Hall–Kier alpha value is -1.14. The molecule has 5 nitrogen and oxygen atoms in total. The number of hydrogen-bond donors (Lipinski definition) is 2. The minimum Gasteiger partial charge on any atom is -0.377 e. The topological polar surface area (TPSA) is 63.2 Å². The number of thiazole rings is 1. The number of carbonyl (C=O) groups excluding carboxylic acids is 1. The van der Waals surface area contributed by atoms with Crippen LogP contribution in [-0.4, -0.2) is 36.8 Å². The summed E-state index contributed by atoms with van der Waals surface area (Å²) < 4.78 is 5.82. The molecule has 1 aliphatic heterocycles. The molecule has 2 amide bonds. The van der Waals surface area contributed by atoms with Gasteiger partial charge in [-0.25, -0.2) is 9.78 Å². The second-order valence-corrected chi connectivity index (χ2v) is 8.28. The van der Waals surface area contributed by atoms with Crippen LogP contribution in [0.25, 0.3) is 0 Å². The molecule has 0 spiro atoms. The van der Waals surface area contributed by atoms with E-state index >= 15 is 0 Å². The van der Waals surface area contributed by atoms with Gasteiger partial charge in [0.05, 0.1) is 11.1 Å².